The van der Waals surface area contributed by atoms with Gasteiger partial charge in [0.1, 0.15) is 48.6 Å². The second-order valence-corrected chi connectivity index (χ2v) is 27.3. The Morgan fingerprint density at radius 1 is 0.327 bits per heavy atom. The van der Waals surface area contributed by atoms with Crippen LogP contribution in [0.3, 0.4) is 0 Å². The van der Waals surface area contributed by atoms with Gasteiger partial charge in [-0.2, -0.15) is 0 Å². The predicted octanol–water partition coefficient (Wildman–Crippen LogP) is 19.9. The average molecular weight is 1480 g/mol. The smallest absolute Gasteiger partial charge is 0.340 e. The summed E-state index contributed by atoms with van der Waals surface area (Å²) in [7, 11) is 0. The highest BCUT2D eigenvalue weighted by Gasteiger charge is 2.34. The number of benzene rings is 13. The first-order chi connectivity index (χ1) is 52.9. The van der Waals surface area contributed by atoms with Crippen molar-refractivity contribution in [1.82, 2.24) is 0 Å². The Kier molecular flexibility index (Phi) is 29.5. The van der Waals surface area contributed by atoms with Crippen LogP contribution in [0.25, 0.3) is 53.9 Å². The van der Waals surface area contributed by atoms with Crippen molar-refractivity contribution in [3.8, 4) is 28.7 Å². The molecular formula is C93H94O17. The maximum Gasteiger partial charge on any atom is 0.340 e. The summed E-state index contributed by atoms with van der Waals surface area (Å²) in [6.07, 6.45) is -4.87. The highest BCUT2D eigenvalue weighted by atomic mass is 16.6. The normalized spacial score (nSPS) is 12.2. The monoisotopic (exact) mass is 1480 g/mol. The van der Waals surface area contributed by atoms with Crippen molar-refractivity contribution in [2.75, 3.05) is 19.8 Å². The van der Waals surface area contributed by atoms with Gasteiger partial charge in [0.25, 0.3) is 0 Å². The molecule has 13 rings (SSSR count). The van der Waals surface area contributed by atoms with E-state index in [1.807, 2.05) is 278 Å². The number of rotatable bonds is 22. The molecule has 13 aromatic rings. The fourth-order valence-corrected chi connectivity index (χ4v) is 12.0. The number of phenols is 2. The molecule has 0 spiro atoms. The molecule has 0 saturated heterocycles. The van der Waals surface area contributed by atoms with Crippen LogP contribution in [-0.4, -0.2) is 80.4 Å². The number of esters is 3. The molecule has 110 heavy (non-hydrogen) atoms. The van der Waals surface area contributed by atoms with E-state index in [1.54, 1.807) is 57.2 Å². The summed E-state index contributed by atoms with van der Waals surface area (Å²) < 4.78 is 45.3. The van der Waals surface area contributed by atoms with E-state index in [0.29, 0.717) is 64.9 Å². The summed E-state index contributed by atoms with van der Waals surface area (Å²) in [6.45, 7) is 18.3. The molecule has 5 N–H and O–H groups in total. The second kappa shape index (κ2) is 39.6. The van der Waals surface area contributed by atoms with Crippen molar-refractivity contribution >= 4 is 77.7 Å². The number of carbonyl (C=O) groups is 4. The third-order valence-corrected chi connectivity index (χ3v) is 16.9. The van der Waals surface area contributed by atoms with E-state index in [-0.39, 0.29) is 31.1 Å². The number of carbonyl (C=O) groups excluding carboxylic acids is 3. The molecule has 4 atom stereocenters. The average Bonchev–Trinajstić information content (AvgIpc) is 0.795. The van der Waals surface area contributed by atoms with Gasteiger partial charge in [-0.15, -0.1) is 0 Å². The number of aliphatic hydroxyl groups is 2. The highest BCUT2D eigenvalue weighted by Crippen LogP contribution is 2.41. The maximum absolute atomic E-state index is 12.9. The number of aliphatic hydroxyl groups excluding tert-OH is 2. The molecular weight excluding hydrogens is 1390 g/mol. The lowest BCUT2D eigenvalue weighted by atomic mass is 9.98. The van der Waals surface area contributed by atoms with Gasteiger partial charge in [-0.1, -0.05) is 243 Å². The number of carboxylic acid groups (broad SMARTS) is 1. The van der Waals surface area contributed by atoms with Crippen molar-refractivity contribution in [3.05, 3.63) is 318 Å². The molecule has 0 saturated carbocycles. The SMILES string of the molecule is CC(C)(C)OC(C(=O)O)c1c(OCc2ccccc2)ccc2ccccc12.CCOC(=O)C(O)c1c(O)ccc2ccccc12.CCOC(=O)C(O)c1c(OCc2ccccc2)ccc2ccccc12.CCOC(=O)C(OC(C)(C)C)c1c(OCc2ccccc2)ccc2ccccc12.Oc1ccc2ccccc2c1. The Labute approximate surface area is 641 Å². The molecule has 0 aliphatic heterocycles. The van der Waals surface area contributed by atoms with E-state index in [1.165, 1.54) is 6.07 Å². The molecule has 0 bridgehead atoms. The lowest BCUT2D eigenvalue weighted by molar-refractivity contribution is -0.167. The van der Waals surface area contributed by atoms with Gasteiger partial charge in [0.05, 0.1) is 31.0 Å². The Hall–Kier alpha value is -12.1. The molecule has 13 aromatic carbocycles. The minimum Gasteiger partial charge on any atom is -0.508 e. The molecule has 0 fully saturated rings. The van der Waals surface area contributed by atoms with E-state index in [0.717, 1.165) is 65.2 Å². The van der Waals surface area contributed by atoms with E-state index >= 15 is 0 Å². The summed E-state index contributed by atoms with van der Waals surface area (Å²) in [5.74, 6) is -1.06. The van der Waals surface area contributed by atoms with Crippen LogP contribution < -0.4 is 14.2 Å². The standard InChI is InChI=1S/C25H28O4.C23H24O4.C21H20O4.C14H14O4.C10H8O/c1-5-27-24(26)23(29-25(2,3)4)22-20-14-10-9-13-19(20)15-16-21(22)28-17-18-11-7-6-8-12-18;1-23(2,3)27-21(22(24)25)20-18-12-8-7-11-17(18)13-14-19(20)26-15-16-9-5-4-6-10-16;1-2-24-21(23)20(22)19-17-11-7-6-10-16(17)12-13-18(19)25-14-15-8-4-3-5-9-15;1-2-18-14(17)13(16)12-10-6-4-3-5-9(10)7-8-11(12)15;11-10-6-5-8-3-1-2-4-9(8)7-10/h6-16,23H,5,17H2,1-4H3;4-14,21H,15H2,1-3H3,(H,24,25);3-13,20,22H,2,14H2,1H3;3-8,13,15-16H,2H2,1H3;1-7,11H. The number of carboxylic acids is 1. The number of ether oxygens (including phenoxy) is 8. The van der Waals surface area contributed by atoms with Crippen molar-refractivity contribution < 1.29 is 82.6 Å². The van der Waals surface area contributed by atoms with Crippen molar-refractivity contribution in [2.24, 2.45) is 0 Å². The van der Waals surface area contributed by atoms with Gasteiger partial charge in [-0.3, -0.25) is 0 Å². The zero-order valence-corrected chi connectivity index (χ0v) is 63.2. The van der Waals surface area contributed by atoms with Gasteiger partial charge in [0, 0.05) is 22.3 Å². The molecule has 0 amide bonds. The molecule has 0 heterocycles. The third-order valence-electron chi connectivity index (χ3n) is 16.9. The minimum absolute atomic E-state index is 0.116. The maximum atomic E-state index is 12.9. The van der Waals surface area contributed by atoms with Crippen LogP contribution in [-0.2, 0) is 62.7 Å². The van der Waals surface area contributed by atoms with E-state index in [9.17, 15) is 39.6 Å². The van der Waals surface area contributed by atoms with Gasteiger partial charge >= 0.3 is 23.9 Å². The molecule has 0 radical (unpaired) electrons. The summed E-state index contributed by atoms with van der Waals surface area (Å²) in [5, 5.41) is 58.5. The quantitative estimate of drug-likeness (QED) is 0.0313. The van der Waals surface area contributed by atoms with Crippen LogP contribution in [0.2, 0.25) is 0 Å². The van der Waals surface area contributed by atoms with Crippen molar-refractivity contribution in [1.29, 1.82) is 0 Å². The van der Waals surface area contributed by atoms with E-state index < -0.39 is 59.5 Å². The Bertz CT molecular complexity index is 5170. The second-order valence-electron chi connectivity index (χ2n) is 27.3. The minimum atomic E-state index is -1.48. The fourth-order valence-electron chi connectivity index (χ4n) is 12.0. The number of hydrogen-bond acceptors (Lipinski definition) is 16. The molecule has 0 aromatic heterocycles. The fraction of sp³-hybridized carbons (Fsp3) is 0.226. The molecule has 0 aliphatic carbocycles. The summed E-state index contributed by atoms with van der Waals surface area (Å²) in [5.41, 5.74) is 3.79. The molecule has 17 nitrogen and oxygen atoms in total. The number of hydrogen-bond donors (Lipinski definition) is 5. The highest BCUT2D eigenvalue weighted by molar-refractivity contribution is 5.96. The third kappa shape index (κ3) is 23.0. The van der Waals surface area contributed by atoms with Crippen LogP contribution >= 0.6 is 0 Å². The zero-order chi connectivity index (χ0) is 78.7. The molecule has 0 aliphatic rings. The Morgan fingerprint density at radius 2 is 0.627 bits per heavy atom. The van der Waals surface area contributed by atoms with Crippen molar-refractivity contribution in [2.45, 2.75) is 118 Å². The summed E-state index contributed by atoms with van der Waals surface area (Å²) in [4.78, 5) is 48.6. The number of aromatic hydroxyl groups is 2. The largest absolute Gasteiger partial charge is 0.508 e. The number of fused-ring (bicyclic) bond motifs is 5. The van der Waals surface area contributed by atoms with Crippen LogP contribution in [0.15, 0.2) is 279 Å². The molecule has 17 heteroatoms. The van der Waals surface area contributed by atoms with Gasteiger partial charge in [0.15, 0.2) is 24.4 Å². The number of aliphatic carboxylic acids is 1. The van der Waals surface area contributed by atoms with Gasteiger partial charge in [-0.05, 0) is 169 Å². The Morgan fingerprint density at radius 3 is 1.02 bits per heavy atom. The first kappa shape index (κ1) is 81.9. The van der Waals surface area contributed by atoms with Crippen LogP contribution in [0, 0.1) is 0 Å². The predicted molar refractivity (Wildman–Crippen MR) is 430 cm³/mol. The number of phenolic OH excluding ortho intramolecular Hbond substituents is 2. The zero-order valence-electron chi connectivity index (χ0n) is 63.2. The van der Waals surface area contributed by atoms with Crippen LogP contribution in [0.1, 0.15) is 126 Å². The van der Waals surface area contributed by atoms with Crippen LogP contribution in [0.5, 0.6) is 28.7 Å². The van der Waals surface area contributed by atoms with Gasteiger partial charge in [0.2, 0.25) is 0 Å². The lowest BCUT2D eigenvalue weighted by Gasteiger charge is -2.28. The summed E-state index contributed by atoms with van der Waals surface area (Å²) in [6, 6.07) is 87.7. The lowest BCUT2D eigenvalue weighted by Crippen LogP contribution is -2.29. The Balaban J connectivity index is 0.000000163. The van der Waals surface area contributed by atoms with Gasteiger partial charge in [-0.25, -0.2) is 19.2 Å². The first-order valence-corrected chi connectivity index (χ1v) is 36.3. The van der Waals surface area contributed by atoms with Crippen LogP contribution in [0.4, 0.5) is 0 Å². The van der Waals surface area contributed by atoms with Gasteiger partial charge < -0.3 is 63.4 Å². The summed E-state index contributed by atoms with van der Waals surface area (Å²) >= 11 is 0. The van der Waals surface area contributed by atoms with Crippen molar-refractivity contribution in [3.63, 3.8) is 0 Å². The molecule has 4 unspecified atom stereocenters. The molecule has 568 valence electrons. The van der Waals surface area contributed by atoms with E-state index in [2.05, 4.69) is 0 Å². The topological polar surface area (TPSA) is 243 Å². The first-order valence-electron chi connectivity index (χ1n) is 36.3. The van der Waals surface area contributed by atoms with E-state index in [4.69, 9.17) is 43.0 Å².